The molecular formula is C11H15F3. The van der Waals surface area contributed by atoms with Gasteiger partial charge in [-0.1, -0.05) is 30.4 Å². The molecule has 0 heterocycles. The van der Waals surface area contributed by atoms with Gasteiger partial charge in [-0.25, -0.2) is 0 Å². The monoisotopic (exact) mass is 204 g/mol. The number of halogens is 3. The Kier molecular flexibility index (Phi) is 5.28. The minimum atomic E-state index is -4.18. The maximum atomic E-state index is 12.0. The number of unbranched alkanes of at least 4 members (excludes halogenated alkanes) is 1. The van der Waals surface area contributed by atoms with Crippen LogP contribution < -0.4 is 0 Å². The standard InChI is InChI=1S/C11H15F3/c1-4-9(2)7-5-6-8-10(3)11(12,13)14/h4,7-8H,1,5-6H2,2-3H3/b9-7-,10-8+. The Morgan fingerprint density at radius 2 is 1.64 bits per heavy atom. The highest BCUT2D eigenvalue weighted by molar-refractivity contribution is 5.13. The van der Waals surface area contributed by atoms with Crippen LogP contribution in [0.2, 0.25) is 0 Å². The van der Waals surface area contributed by atoms with Crippen LogP contribution in [0.4, 0.5) is 13.2 Å². The van der Waals surface area contributed by atoms with E-state index in [9.17, 15) is 13.2 Å². The van der Waals surface area contributed by atoms with E-state index in [4.69, 9.17) is 0 Å². The number of hydrogen-bond donors (Lipinski definition) is 0. The average Bonchev–Trinajstić information content (AvgIpc) is 2.09. The first kappa shape index (κ1) is 13.0. The van der Waals surface area contributed by atoms with Crippen LogP contribution in [0.15, 0.2) is 36.0 Å². The maximum Gasteiger partial charge on any atom is 0.412 e. The maximum absolute atomic E-state index is 12.0. The molecule has 0 nitrogen and oxygen atoms in total. The SMILES string of the molecule is C=C/C(C)=C\CC/C=C(\C)C(F)(F)F. The molecule has 80 valence electrons. The molecule has 0 atom stereocenters. The van der Waals surface area contributed by atoms with Crippen molar-refractivity contribution in [2.24, 2.45) is 0 Å². The third-order valence-electron chi connectivity index (χ3n) is 1.85. The van der Waals surface area contributed by atoms with E-state index in [1.54, 1.807) is 6.08 Å². The van der Waals surface area contributed by atoms with Crippen molar-refractivity contribution in [3.63, 3.8) is 0 Å². The molecule has 0 saturated heterocycles. The molecule has 14 heavy (non-hydrogen) atoms. The third-order valence-corrected chi connectivity index (χ3v) is 1.85. The molecule has 0 aliphatic heterocycles. The van der Waals surface area contributed by atoms with Crippen molar-refractivity contribution in [1.82, 2.24) is 0 Å². The molecule has 3 heteroatoms. The molecule has 0 amide bonds. The second-order valence-corrected chi connectivity index (χ2v) is 3.11. The fraction of sp³-hybridized carbons (Fsp3) is 0.455. The van der Waals surface area contributed by atoms with Gasteiger partial charge in [0.15, 0.2) is 0 Å². The molecule has 0 radical (unpaired) electrons. The quantitative estimate of drug-likeness (QED) is 0.361. The lowest BCUT2D eigenvalue weighted by molar-refractivity contribution is -0.0915. The Bertz CT molecular complexity index is 244. The average molecular weight is 204 g/mol. The minimum absolute atomic E-state index is 0.413. The van der Waals surface area contributed by atoms with Crippen molar-refractivity contribution < 1.29 is 13.2 Å². The number of alkyl halides is 3. The molecule has 0 aromatic heterocycles. The molecule has 0 N–H and O–H groups in total. The molecule has 0 rings (SSSR count). The van der Waals surface area contributed by atoms with E-state index >= 15 is 0 Å². The lowest BCUT2D eigenvalue weighted by Crippen LogP contribution is -2.08. The molecule has 0 spiro atoms. The van der Waals surface area contributed by atoms with Crippen LogP contribution in [0.25, 0.3) is 0 Å². The van der Waals surface area contributed by atoms with Gasteiger partial charge in [-0.3, -0.25) is 0 Å². The highest BCUT2D eigenvalue weighted by Gasteiger charge is 2.29. The lowest BCUT2D eigenvalue weighted by Gasteiger charge is -2.05. The first-order valence-corrected chi connectivity index (χ1v) is 4.41. The normalized spacial score (nSPS) is 14.4. The van der Waals surface area contributed by atoms with Crippen molar-refractivity contribution >= 4 is 0 Å². The summed E-state index contributed by atoms with van der Waals surface area (Å²) in [7, 11) is 0. The molecular weight excluding hydrogens is 189 g/mol. The fourth-order valence-electron chi connectivity index (χ4n) is 0.810. The Hall–Kier alpha value is -0.990. The summed E-state index contributed by atoms with van der Waals surface area (Å²) in [6, 6.07) is 0. The predicted molar refractivity (Wildman–Crippen MR) is 53.0 cm³/mol. The van der Waals surface area contributed by atoms with Crippen molar-refractivity contribution in [3.05, 3.63) is 36.0 Å². The van der Waals surface area contributed by atoms with Gasteiger partial charge in [-0.05, 0) is 26.7 Å². The van der Waals surface area contributed by atoms with Crippen LogP contribution in [0.5, 0.6) is 0 Å². The van der Waals surface area contributed by atoms with E-state index in [0.717, 1.165) is 12.5 Å². The lowest BCUT2D eigenvalue weighted by atomic mass is 10.1. The van der Waals surface area contributed by atoms with Gasteiger partial charge in [0.2, 0.25) is 0 Å². The molecule has 0 aliphatic carbocycles. The molecule has 0 fully saturated rings. The second-order valence-electron chi connectivity index (χ2n) is 3.11. The van der Waals surface area contributed by atoms with Crippen LogP contribution >= 0.6 is 0 Å². The van der Waals surface area contributed by atoms with Crippen molar-refractivity contribution in [2.45, 2.75) is 32.9 Å². The zero-order valence-corrected chi connectivity index (χ0v) is 8.49. The molecule has 0 aromatic rings. The van der Waals surface area contributed by atoms with Gasteiger partial charge >= 0.3 is 6.18 Å². The number of rotatable bonds is 4. The molecule has 0 bridgehead atoms. The van der Waals surface area contributed by atoms with Gasteiger partial charge in [0.05, 0.1) is 0 Å². The highest BCUT2D eigenvalue weighted by atomic mass is 19.4. The Morgan fingerprint density at radius 1 is 1.14 bits per heavy atom. The number of allylic oxidation sites excluding steroid dienone is 5. The second kappa shape index (κ2) is 5.68. The first-order valence-electron chi connectivity index (χ1n) is 4.41. The van der Waals surface area contributed by atoms with Gasteiger partial charge in [-0.2, -0.15) is 13.2 Å². The van der Waals surface area contributed by atoms with Crippen LogP contribution in [0.1, 0.15) is 26.7 Å². The number of hydrogen-bond acceptors (Lipinski definition) is 0. The van der Waals surface area contributed by atoms with Gasteiger partial charge in [0, 0.05) is 5.57 Å². The summed E-state index contributed by atoms with van der Waals surface area (Å²) in [6.07, 6.45) is 1.61. The first-order chi connectivity index (χ1) is 6.38. The van der Waals surface area contributed by atoms with E-state index in [-0.39, 0.29) is 0 Å². The summed E-state index contributed by atoms with van der Waals surface area (Å²) >= 11 is 0. The molecule has 0 saturated carbocycles. The summed E-state index contributed by atoms with van der Waals surface area (Å²) in [4.78, 5) is 0. The van der Waals surface area contributed by atoms with Crippen LogP contribution in [-0.4, -0.2) is 6.18 Å². The largest absolute Gasteiger partial charge is 0.412 e. The van der Waals surface area contributed by atoms with E-state index in [1.165, 1.54) is 6.08 Å². The Balaban J connectivity index is 4.01. The smallest absolute Gasteiger partial charge is 0.167 e. The van der Waals surface area contributed by atoms with E-state index in [1.807, 2.05) is 13.0 Å². The van der Waals surface area contributed by atoms with Gasteiger partial charge < -0.3 is 0 Å². The van der Waals surface area contributed by atoms with Gasteiger partial charge in [-0.15, -0.1) is 0 Å². The Morgan fingerprint density at radius 3 is 2.07 bits per heavy atom. The van der Waals surface area contributed by atoms with E-state index < -0.39 is 11.7 Å². The van der Waals surface area contributed by atoms with Crippen LogP contribution in [0, 0.1) is 0 Å². The minimum Gasteiger partial charge on any atom is -0.167 e. The predicted octanol–water partition coefficient (Wildman–Crippen LogP) is 4.41. The fourth-order valence-corrected chi connectivity index (χ4v) is 0.810. The summed E-state index contributed by atoms with van der Waals surface area (Å²) in [5, 5.41) is 0. The van der Waals surface area contributed by atoms with Gasteiger partial charge in [0.1, 0.15) is 0 Å². The van der Waals surface area contributed by atoms with E-state index in [2.05, 4.69) is 6.58 Å². The zero-order chi connectivity index (χ0) is 11.2. The topological polar surface area (TPSA) is 0 Å². The van der Waals surface area contributed by atoms with Crippen LogP contribution in [-0.2, 0) is 0 Å². The molecule has 0 aliphatic rings. The van der Waals surface area contributed by atoms with Gasteiger partial charge in [0.25, 0.3) is 0 Å². The molecule has 0 aromatic carbocycles. The van der Waals surface area contributed by atoms with Crippen molar-refractivity contribution in [1.29, 1.82) is 0 Å². The van der Waals surface area contributed by atoms with Crippen molar-refractivity contribution in [2.75, 3.05) is 0 Å². The Labute approximate surface area is 82.8 Å². The third kappa shape index (κ3) is 5.62. The zero-order valence-electron chi connectivity index (χ0n) is 8.49. The summed E-state index contributed by atoms with van der Waals surface area (Å²) in [6.45, 7) is 6.51. The molecule has 0 unspecified atom stereocenters. The van der Waals surface area contributed by atoms with Crippen LogP contribution in [0.3, 0.4) is 0 Å². The summed E-state index contributed by atoms with van der Waals surface area (Å²) in [5.74, 6) is 0. The van der Waals surface area contributed by atoms with Crippen molar-refractivity contribution in [3.8, 4) is 0 Å². The summed E-state index contributed by atoms with van der Waals surface area (Å²) in [5.41, 5.74) is 0.463. The highest BCUT2D eigenvalue weighted by Crippen LogP contribution is 2.25. The summed E-state index contributed by atoms with van der Waals surface area (Å²) < 4.78 is 36.0. The van der Waals surface area contributed by atoms with E-state index in [0.29, 0.717) is 12.8 Å².